The minimum Gasteiger partial charge on any atom is -0.467 e. The van der Waals surface area contributed by atoms with Crippen LogP contribution in [0.4, 0.5) is 0 Å². The molecular formula is C24H23Cl2N3O2. The van der Waals surface area contributed by atoms with Gasteiger partial charge in [-0.3, -0.25) is 4.79 Å². The van der Waals surface area contributed by atoms with Gasteiger partial charge in [-0.1, -0.05) is 54.7 Å². The first kappa shape index (κ1) is 21.5. The molecule has 0 radical (unpaired) electrons. The van der Waals surface area contributed by atoms with Gasteiger partial charge >= 0.3 is 0 Å². The van der Waals surface area contributed by atoms with Crippen molar-refractivity contribution in [2.45, 2.75) is 38.8 Å². The number of carbonyl (C=O) groups is 1. The van der Waals surface area contributed by atoms with Crippen LogP contribution in [-0.4, -0.2) is 15.5 Å². The number of furan rings is 1. The van der Waals surface area contributed by atoms with Gasteiger partial charge in [0.1, 0.15) is 17.6 Å². The third-order valence-electron chi connectivity index (χ3n) is 5.21. The Morgan fingerprint density at radius 3 is 2.71 bits per heavy atom. The molecule has 0 saturated heterocycles. The second-order valence-electron chi connectivity index (χ2n) is 7.41. The lowest BCUT2D eigenvalue weighted by molar-refractivity contribution is -0.124. The smallest absolute Gasteiger partial charge is 0.243 e. The van der Waals surface area contributed by atoms with E-state index in [4.69, 9.17) is 32.6 Å². The molecule has 0 aliphatic carbocycles. The van der Waals surface area contributed by atoms with Crippen LogP contribution in [0.1, 0.15) is 43.0 Å². The molecule has 7 heteroatoms. The lowest BCUT2D eigenvalue weighted by Gasteiger charge is -2.21. The molecular weight excluding hydrogens is 433 g/mol. The van der Waals surface area contributed by atoms with E-state index in [1.807, 2.05) is 48.5 Å². The van der Waals surface area contributed by atoms with Gasteiger partial charge in [-0.15, -0.1) is 0 Å². The summed E-state index contributed by atoms with van der Waals surface area (Å²) in [6.45, 7) is 2.42. The standard InChI is InChI=1S/C24H23Cl2N3O2/c1-2-6-22(24(30)27-15-17-7-5-12-31-17)29-21-9-4-3-8-20(21)28-23(29)14-16-10-11-18(25)19(26)13-16/h3-5,7-13,22H,2,6,14-15H2,1H3,(H,27,30). The van der Waals surface area contributed by atoms with Crippen LogP contribution in [0.5, 0.6) is 0 Å². The number of amides is 1. The van der Waals surface area contributed by atoms with Crippen molar-refractivity contribution in [2.75, 3.05) is 0 Å². The molecule has 5 nitrogen and oxygen atoms in total. The number of hydrogen-bond donors (Lipinski definition) is 1. The lowest BCUT2D eigenvalue weighted by Crippen LogP contribution is -2.33. The van der Waals surface area contributed by atoms with E-state index in [1.165, 1.54) is 0 Å². The second-order valence-corrected chi connectivity index (χ2v) is 8.23. The van der Waals surface area contributed by atoms with E-state index >= 15 is 0 Å². The Hall–Kier alpha value is -2.76. The summed E-state index contributed by atoms with van der Waals surface area (Å²) in [5.41, 5.74) is 2.78. The number of para-hydroxylation sites is 2. The maximum absolute atomic E-state index is 13.2. The summed E-state index contributed by atoms with van der Waals surface area (Å²) in [4.78, 5) is 18.1. The predicted molar refractivity (Wildman–Crippen MR) is 124 cm³/mol. The number of fused-ring (bicyclic) bond motifs is 1. The number of imidazole rings is 1. The number of aromatic nitrogens is 2. The number of rotatable bonds is 8. The monoisotopic (exact) mass is 455 g/mol. The summed E-state index contributed by atoms with van der Waals surface area (Å²) in [5.74, 6) is 1.47. The SMILES string of the molecule is CCCC(C(=O)NCc1ccco1)n1c(Cc2ccc(Cl)c(Cl)c2)nc2ccccc21. The Morgan fingerprint density at radius 1 is 1.13 bits per heavy atom. The zero-order valence-electron chi connectivity index (χ0n) is 17.1. The van der Waals surface area contributed by atoms with E-state index in [2.05, 4.69) is 16.8 Å². The Morgan fingerprint density at radius 2 is 1.97 bits per heavy atom. The van der Waals surface area contributed by atoms with Crippen molar-refractivity contribution >= 4 is 40.1 Å². The summed E-state index contributed by atoms with van der Waals surface area (Å²) in [5, 5.41) is 4.03. The Kier molecular flexibility index (Phi) is 6.64. The average molecular weight is 456 g/mol. The molecule has 0 saturated carbocycles. The fraction of sp³-hybridized carbons (Fsp3) is 0.250. The normalized spacial score (nSPS) is 12.2. The molecule has 4 rings (SSSR count). The van der Waals surface area contributed by atoms with Crippen molar-refractivity contribution in [3.8, 4) is 0 Å². The van der Waals surface area contributed by atoms with Gasteiger partial charge in [0.25, 0.3) is 0 Å². The van der Waals surface area contributed by atoms with Crippen molar-refractivity contribution in [3.05, 3.63) is 88.1 Å². The molecule has 1 atom stereocenters. The summed E-state index contributed by atoms with van der Waals surface area (Å²) in [7, 11) is 0. The average Bonchev–Trinajstić information content (AvgIpc) is 3.40. The fourth-order valence-electron chi connectivity index (χ4n) is 3.76. The zero-order valence-corrected chi connectivity index (χ0v) is 18.7. The highest BCUT2D eigenvalue weighted by atomic mass is 35.5. The van der Waals surface area contributed by atoms with E-state index in [1.54, 1.807) is 12.3 Å². The molecule has 0 spiro atoms. The maximum atomic E-state index is 13.2. The number of carbonyl (C=O) groups excluding carboxylic acids is 1. The minimum atomic E-state index is -0.384. The van der Waals surface area contributed by atoms with E-state index in [0.29, 0.717) is 29.4 Å². The Labute approximate surface area is 191 Å². The molecule has 0 fully saturated rings. The van der Waals surface area contributed by atoms with Crippen molar-refractivity contribution in [2.24, 2.45) is 0 Å². The molecule has 0 bridgehead atoms. The molecule has 1 amide bonds. The molecule has 4 aromatic rings. The van der Waals surface area contributed by atoms with Crippen LogP contribution in [0.25, 0.3) is 11.0 Å². The van der Waals surface area contributed by atoms with Gasteiger partial charge in [-0.2, -0.15) is 0 Å². The highest BCUT2D eigenvalue weighted by Gasteiger charge is 2.25. The highest BCUT2D eigenvalue weighted by Crippen LogP contribution is 2.28. The van der Waals surface area contributed by atoms with Crippen molar-refractivity contribution < 1.29 is 9.21 Å². The molecule has 2 aromatic heterocycles. The van der Waals surface area contributed by atoms with E-state index in [0.717, 1.165) is 34.6 Å². The molecule has 0 aliphatic heterocycles. The molecule has 1 unspecified atom stereocenters. The van der Waals surface area contributed by atoms with Crippen molar-refractivity contribution in [3.63, 3.8) is 0 Å². The third-order valence-corrected chi connectivity index (χ3v) is 5.95. The number of hydrogen-bond acceptors (Lipinski definition) is 3. The minimum absolute atomic E-state index is 0.0585. The summed E-state index contributed by atoms with van der Waals surface area (Å²) < 4.78 is 7.41. The number of benzene rings is 2. The molecule has 1 N–H and O–H groups in total. The summed E-state index contributed by atoms with van der Waals surface area (Å²) in [6, 6.07) is 16.7. The lowest BCUT2D eigenvalue weighted by atomic mass is 10.1. The van der Waals surface area contributed by atoms with E-state index < -0.39 is 0 Å². The molecule has 0 aliphatic rings. The first-order chi connectivity index (χ1) is 15.1. The largest absolute Gasteiger partial charge is 0.467 e. The Balaban J connectivity index is 1.70. The van der Waals surface area contributed by atoms with Crippen LogP contribution in [0.15, 0.2) is 65.3 Å². The van der Waals surface area contributed by atoms with Crippen LogP contribution in [0, 0.1) is 0 Å². The van der Waals surface area contributed by atoms with Crippen LogP contribution in [0.3, 0.4) is 0 Å². The summed E-state index contributed by atoms with van der Waals surface area (Å²) in [6.07, 6.45) is 3.69. The first-order valence-electron chi connectivity index (χ1n) is 10.3. The number of nitrogens with one attached hydrogen (secondary N) is 1. The molecule has 2 heterocycles. The number of halogens is 2. The third kappa shape index (κ3) is 4.78. The van der Waals surface area contributed by atoms with Crippen LogP contribution in [-0.2, 0) is 17.8 Å². The maximum Gasteiger partial charge on any atom is 0.243 e. The van der Waals surface area contributed by atoms with Crippen molar-refractivity contribution in [1.82, 2.24) is 14.9 Å². The van der Waals surface area contributed by atoms with E-state index in [-0.39, 0.29) is 11.9 Å². The van der Waals surface area contributed by atoms with Gasteiger partial charge in [-0.25, -0.2) is 4.98 Å². The summed E-state index contributed by atoms with van der Waals surface area (Å²) >= 11 is 12.3. The Bertz CT molecular complexity index is 1180. The van der Waals surface area contributed by atoms with Gasteiger partial charge in [0.05, 0.1) is 33.9 Å². The fourth-order valence-corrected chi connectivity index (χ4v) is 4.08. The zero-order chi connectivity index (χ0) is 21.8. The van der Waals surface area contributed by atoms with Gasteiger partial charge in [-0.05, 0) is 48.4 Å². The highest BCUT2D eigenvalue weighted by molar-refractivity contribution is 6.42. The predicted octanol–water partition coefficient (Wildman–Crippen LogP) is 6.18. The quantitative estimate of drug-likeness (QED) is 0.344. The van der Waals surface area contributed by atoms with Crippen LogP contribution in [0.2, 0.25) is 10.0 Å². The second kappa shape index (κ2) is 9.58. The molecule has 2 aromatic carbocycles. The molecule has 31 heavy (non-hydrogen) atoms. The van der Waals surface area contributed by atoms with Crippen LogP contribution >= 0.6 is 23.2 Å². The van der Waals surface area contributed by atoms with Gasteiger partial charge in [0, 0.05) is 6.42 Å². The number of nitrogens with zero attached hydrogens (tertiary/aromatic N) is 2. The van der Waals surface area contributed by atoms with Gasteiger partial charge in [0.15, 0.2) is 0 Å². The topological polar surface area (TPSA) is 60.1 Å². The van der Waals surface area contributed by atoms with Gasteiger partial charge < -0.3 is 14.3 Å². The van der Waals surface area contributed by atoms with E-state index in [9.17, 15) is 4.79 Å². The van der Waals surface area contributed by atoms with Crippen molar-refractivity contribution in [1.29, 1.82) is 0 Å². The van der Waals surface area contributed by atoms with Crippen LogP contribution < -0.4 is 5.32 Å². The first-order valence-corrected chi connectivity index (χ1v) is 11.0. The van der Waals surface area contributed by atoms with Gasteiger partial charge in [0.2, 0.25) is 5.91 Å². The molecule has 160 valence electrons.